The number of amides is 1. The van der Waals surface area contributed by atoms with Gasteiger partial charge < -0.3 is 10.1 Å². The standard InChI is InChI=1S/C22H19NO4/c1-14(24)17-9-5-10-18(13-17)23-21(25)15(2)27-22(26)20-12-6-8-16-7-3-4-11-19(16)20/h3-13,15H,1-2H3,(H,23,25)/t15-/m1/s1. The second-order valence-corrected chi connectivity index (χ2v) is 6.20. The fourth-order valence-corrected chi connectivity index (χ4v) is 2.74. The third-order valence-corrected chi connectivity index (χ3v) is 4.20. The van der Waals surface area contributed by atoms with Gasteiger partial charge in [-0.05, 0) is 42.8 Å². The van der Waals surface area contributed by atoms with E-state index in [0.29, 0.717) is 16.8 Å². The van der Waals surface area contributed by atoms with Crippen LogP contribution in [0.1, 0.15) is 34.6 Å². The molecule has 3 rings (SSSR count). The van der Waals surface area contributed by atoms with Gasteiger partial charge in [0.25, 0.3) is 5.91 Å². The number of nitrogens with one attached hydrogen (secondary N) is 1. The van der Waals surface area contributed by atoms with Crippen LogP contribution in [-0.2, 0) is 9.53 Å². The highest BCUT2D eigenvalue weighted by molar-refractivity contribution is 6.06. The third kappa shape index (κ3) is 4.20. The number of Topliss-reactive ketones (excluding diaryl/α,β-unsaturated/α-hetero) is 1. The fourth-order valence-electron chi connectivity index (χ4n) is 2.74. The Kier molecular flexibility index (Phi) is 5.31. The molecule has 1 amide bonds. The number of benzene rings is 3. The Bertz CT molecular complexity index is 1020. The van der Waals surface area contributed by atoms with E-state index < -0.39 is 18.0 Å². The normalized spacial score (nSPS) is 11.6. The lowest BCUT2D eigenvalue weighted by atomic mass is 10.0. The van der Waals surface area contributed by atoms with E-state index in [1.54, 1.807) is 36.4 Å². The summed E-state index contributed by atoms with van der Waals surface area (Å²) in [6.07, 6.45) is -0.988. The quantitative estimate of drug-likeness (QED) is 0.545. The zero-order valence-corrected chi connectivity index (χ0v) is 15.1. The van der Waals surface area contributed by atoms with Gasteiger partial charge in [-0.1, -0.05) is 48.5 Å². The minimum Gasteiger partial charge on any atom is -0.449 e. The smallest absolute Gasteiger partial charge is 0.339 e. The van der Waals surface area contributed by atoms with E-state index in [9.17, 15) is 14.4 Å². The van der Waals surface area contributed by atoms with Gasteiger partial charge in [0.05, 0.1) is 5.56 Å². The number of rotatable bonds is 5. The zero-order valence-electron chi connectivity index (χ0n) is 15.1. The molecule has 5 heteroatoms. The summed E-state index contributed by atoms with van der Waals surface area (Å²) in [7, 11) is 0. The molecule has 0 fully saturated rings. The van der Waals surface area contributed by atoms with Crippen LogP contribution in [0.3, 0.4) is 0 Å². The second-order valence-electron chi connectivity index (χ2n) is 6.20. The third-order valence-electron chi connectivity index (χ3n) is 4.20. The molecule has 1 atom stereocenters. The maximum absolute atomic E-state index is 12.5. The van der Waals surface area contributed by atoms with E-state index in [4.69, 9.17) is 4.74 Å². The molecule has 0 bridgehead atoms. The second kappa shape index (κ2) is 7.83. The molecule has 0 spiro atoms. The van der Waals surface area contributed by atoms with Gasteiger partial charge in [0, 0.05) is 11.3 Å². The number of ketones is 1. The van der Waals surface area contributed by atoms with Crippen LogP contribution in [0.15, 0.2) is 66.7 Å². The topological polar surface area (TPSA) is 72.5 Å². The summed E-state index contributed by atoms with van der Waals surface area (Å²) in [5.41, 5.74) is 1.38. The first-order chi connectivity index (χ1) is 13.0. The van der Waals surface area contributed by atoms with E-state index in [0.717, 1.165) is 10.8 Å². The van der Waals surface area contributed by atoms with Gasteiger partial charge in [-0.15, -0.1) is 0 Å². The number of ether oxygens (including phenoxy) is 1. The van der Waals surface area contributed by atoms with Crippen LogP contribution < -0.4 is 5.32 Å². The highest BCUT2D eigenvalue weighted by Crippen LogP contribution is 2.20. The Labute approximate surface area is 157 Å². The van der Waals surface area contributed by atoms with E-state index in [-0.39, 0.29) is 5.78 Å². The van der Waals surface area contributed by atoms with Crippen molar-refractivity contribution in [1.82, 2.24) is 0 Å². The largest absolute Gasteiger partial charge is 0.449 e. The van der Waals surface area contributed by atoms with E-state index in [1.807, 2.05) is 30.3 Å². The van der Waals surface area contributed by atoms with E-state index in [2.05, 4.69) is 5.32 Å². The Morgan fingerprint density at radius 1 is 0.926 bits per heavy atom. The summed E-state index contributed by atoms with van der Waals surface area (Å²) in [6, 6.07) is 19.4. The highest BCUT2D eigenvalue weighted by atomic mass is 16.5. The molecule has 27 heavy (non-hydrogen) atoms. The molecule has 0 aliphatic carbocycles. The maximum atomic E-state index is 12.5. The molecule has 3 aromatic rings. The number of fused-ring (bicyclic) bond motifs is 1. The zero-order chi connectivity index (χ0) is 19.4. The molecule has 3 aromatic carbocycles. The van der Waals surface area contributed by atoms with Gasteiger partial charge in [-0.3, -0.25) is 9.59 Å². The Morgan fingerprint density at radius 3 is 2.41 bits per heavy atom. The molecule has 0 aromatic heterocycles. The molecule has 136 valence electrons. The number of carbonyl (C=O) groups excluding carboxylic acids is 3. The number of hydrogen-bond donors (Lipinski definition) is 1. The predicted molar refractivity (Wildman–Crippen MR) is 104 cm³/mol. The molecule has 0 aliphatic rings. The van der Waals surface area contributed by atoms with Crippen molar-refractivity contribution in [3.63, 3.8) is 0 Å². The monoisotopic (exact) mass is 361 g/mol. The van der Waals surface area contributed by atoms with Gasteiger partial charge in [-0.25, -0.2) is 4.79 Å². The Balaban J connectivity index is 1.71. The van der Waals surface area contributed by atoms with Crippen LogP contribution in [0.25, 0.3) is 10.8 Å². The lowest BCUT2D eigenvalue weighted by Crippen LogP contribution is -2.30. The average Bonchev–Trinajstić information content (AvgIpc) is 2.67. The Morgan fingerprint density at radius 2 is 1.63 bits per heavy atom. The van der Waals surface area contributed by atoms with Crippen LogP contribution in [0, 0.1) is 0 Å². The number of hydrogen-bond acceptors (Lipinski definition) is 4. The number of anilines is 1. The summed E-state index contributed by atoms with van der Waals surface area (Å²) in [5, 5.41) is 4.35. The lowest BCUT2D eigenvalue weighted by Gasteiger charge is -2.14. The molecule has 0 saturated heterocycles. The van der Waals surface area contributed by atoms with Crippen molar-refractivity contribution in [2.45, 2.75) is 20.0 Å². The van der Waals surface area contributed by atoms with Crippen LogP contribution >= 0.6 is 0 Å². The summed E-state index contributed by atoms with van der Waals surface area (Å²) in [4.78, 5) is 36.3. The molecule has 5 nitrogen and oxygen atoms in total. The summed E-state index contributed by atoms with van der Waals surface area (Å²) < 4.78 is 5.34. The van der Waals surface area contributed by atoms with Crippen molar-refractivity contribution in [2.24, 2.45) is 0 Å². The Hall–Kier alpha value is -3.47. The van der Waals surface area contributed by atoms with Gasteiger partial charge in [0.1, 0.15) is 0 Å². The summed E-state index contributed by atoms with van der Waals surface area (Å²) in [5.74, 6) is -1.13. The van der Waals surface area contributed by atoms with Gasteiger partial charge in [-0.2, -0.15) is 0 Å². The van der Waals surface area contributed by atoms with Crippen LogP contribution in [0.4, 0.5) is 5.69 Å². The van der Waals surface area contributed by atoms with Crippen molar-refractivity contribution in [2.75, 3.05) is 5.32 Å². The molecule has 0 unspecified atom stereocenters. The minimum atomic E-state index is -0.988. The summed E-state index contributed by atoms with van der Waals surface area (Å²) in [6.45, 7) is 2.96. The average molecular weight is 361 g/mol. The van der Waals surface area contributed by atoms with Crippen molar-refractivity contribution < 1.29 is 19.1 Å². The minimum absolute atomic E-state index is 0.0958. The highest BCUT2D eigenvalue weighted by Gasteiger charge is 2.20. The summed E-state index contributed by atoms with van der Waals surface area (Å²) >= 11 is 0. The molecule has 0 aliphatic heterocycles. The number of esters is 1. The molecule has 1 N–H and O–H groups in total. The van der Waals surface area contributed by atoms with Crippen molar-refractivity contribution in [3.8, 4) is 0 Å². The number of carbonyl (C=O) groups is 3. The van der Waals surface area contributed by atoms with Crippen molar-refractivity contribution in [1.29, 1.82) is 0 Å². The maximum Gasteiger partial charge on any atom is 0.339 e. The molecule has 0 saturated carbocycles. The molecule has 0 radical (unpaired) electrons. The van der Waals surface area contributed by atoms with E-state index >= 15 is 0 Å². The first-order valence-corrected chi connectivity index (χ1v) is 8.56. The first kappa shape index (κ1) is 18.3. The molecular weight excluding hydrogens is 342 g/mol. The predicted octanol–water partition coefficient (Wildman–Crippen LogP) is 4.23. The van der Waals surface area contributed by atoms with Crippen LogP contribution in [-0.4, -0.2) is 23.8 Å². The molecular formula is C22H19NO4. The van der Waals surface area contributed by atoms with Gasteiger partial charge in [0.15, 0.2) is 11.9 Å². The van der Waals surface area contributed by atoms with Crippen molar-refractivity contribution >= 4 is 34.1 Å². The lowest BCUT2D eigenvalue weighted by molar-refractivity contribution is -0.123. The first-order valence-electron chi connectivity index (χ1n) is 8.56. The SMILES string of the molecule is CC(=O)c1cccc(NC(=O)[C@@H](C)OC(=O)c2cccc3ccccc23)c1. The molecule has 0 heterocycles. The fraction of sp³-hybridized carbons (Fsp3) is 0.136. The van der Waals surface area contributed by atoms with Crippen LogP contribution in [0.2, 0.25) is 0 Å². The van der Waals surface area contributed by atoms with Crippen molar-refractivity contribution in [3.05, 3.63) is 77.9 Å². The van der Waals surface area contributed by atoms with Gasteiger partial charge >= 0.3 is 5.97 Å². The van der Waals surface area contributed by atoms with Gasteiger partial charge in [0.2, 0.25) is 0 Å². The van der Waals surface area contributed by atoms with Crippen LogP contribution in [0.5, 0.6) is 0 Å². The van der Waals surface area contributed by atoms with E-state index in [1.165, 1.54) is 13.8 Å².